The Kier molecular flexibility index (Phi) is 3.61. The number of thiophene rings is 1. The molecule has 1 aromatic rings. The van der Waals surface area contributed by atoms with Crippen LogP contribution in [0.4, 0.5) is 36.4 Å². The second-order valence-corrected chi connectivity index (χ2v) is 3.89. The first-order chi connectivity index (χ1) is 8.00. The normalized spacial score (nSPS) is 13.5. The van der Waals surface area contributed by atoms with Gasteiger partial charge in [0.2, 0.25) is 0 Å². The van der Waals surface area contributed by atoms with Crippen LogP contribution in [0, 0.1) is 0 Å². The van der Waals surface area contributed by atoms with Gasteiger partial charge in [0, 0.05) is 5.38 Å². The maximum absolute atomic E-state index is 12.8. The van der Waals surface area contributed by atoms with Crippen molar-refractivity contribution in [3.05, 3.63) is 16.8 Å². The molecule has 102 valence electrons. The molecule has 0 aromatic carbocycles. The summed E-state index contributed by atoms with van der Waals surface area (Å²) in [5, 5.41) is 3.69. The van der Waals surface area contributed by atoms with Crippen molar-refractivity contribution in [3.8, 4) is 0 Å². The molecule has 0 aliphatic rings. The first-order valence-corrected chi connectivity index (χ1v) is 5.10. The molecule has 1 N–H and O–H groups in total. The number of rotatable bonds is 3. The highest BCUT2D eigenvalue weighted by molar-refractivity contribution is 7.08. The summed E-state index contributed by atoms with van der Waals surface area (Å²) in [6.45, 7) is 0. The Morgan fingerprint density at radius 3 is 2.06 bits per heavy atom. The first-order valence-electron chi connectivity index (χ1n) is 4.16. The van der Waals surface area contributed by atoms with Gasteiger partial charge in [-0.15, -0.1) is 0 Å². The predicted octanol–water partition coefficient (Wildman–Crippen LogP) is 3.52. The van der Waals surface area contributed by atoms with Gasteiger partial charge in [0.15, 0.2) is 0 Å². The molecule has 0 bridgehead atoms. The van der Waals surface area contributed by atoms with Crippen LogP contribution in [-0.4, -0.2) is 23.9 Å². The summed E-state index contributed by atoms with van der Waals surface area (Å²) in [5.74, 6) is -15.1. The predicted molar refractivity (Wildman–Crippen MR) is 48.9 cm³/mol. The van der Waals surface area contributed by atoms with Crippen LogP contribution in [-0.2, 0) is 4.79 Å². The largest absolute Gasteiger partial charge is 0.460 e. The van der Waals surface area contributed by atoms with Crippen molar-refractivity contribution in [1.29, 1.82) is 0 Å². The van der Waals surface area contributed by atoms with E-state index in [1.807, 2.05) is 0 Å². The molecule has 1 heterocycles. The molecule has 18 heavy (non-hydrogen) atoms. The van der Waals surface area contributed by atoms with Crippen molar-refractivity contribution < 1.29 is 35.5 Å². The van der Waals surface area contributed by atoms with Gasteiger partial charge in [-0.05, 0) is 11.4 Å². The fourth-order valence-corrected chi connectivity index (χ4v) is 1.45. The summed E-state index contributed by atoms with van der Waals surface area (Å²) in [6, 6.07) is 1.07. The number of hydrogen-bond donors (Lipinski definition) is 1. The summed E-state index contributed by atoms with van der Waals surface area (Å²) in [5.41, 5.74) is -0.289. The Labute approximate surface area is 99.4 Å². The zero-order valence-corrected chi connectivity index (χ0v) is 9.01. The van der Waals surface area contributed by atoms with Gasteiger partial charge < -0.3 is 5.32 Å². The van der Waals surface area contributed by atoms with Gasteiger partial charge in [-0.25, -0.2) is 0 Å². The first kappa shape index (κ1) is 14.7. The van der Waals surface area contributed by atoms with Gasteiger partial charge >= 0.3 is 23.9 Å². The highest BCUT2D eigenvalue weighted by atomic mass is 32.1. The van der Waals surface area contributed by atoms with E-state index in [0.29, 0.717) is 0 Å². The van der Waals surface area contributed by atoms with Crippen LogP contribution in [0.2, 0.25) is 0 Å². The SMILES string of the molecule is O=C(Nc1ccsc1)C(F)(F)C(F)(F)C(F)(F)F. The van der Waals surface area contributed by atoms with E-state index < -0.39 is 23.9 Å². The van der Waals surface area contributed by atoms with Crippen LogP contribution in [0.15, 0.2) is 16.8 Å². The van der Waals surface area contributed by atoms with Crippen molar-refractivity contribution in [2.45, 2.75) is 18.0 Å². The van der Waals surface area contributed by atoms with Gasteiger partial charge in [0.25, 0.3) is 0 Å². The summed E-state index contributed by atoms with van der Waals surface area (Å²) >= 11 is 0.936. The lowest BCUT2D eigenvalue weighted by atomic mass is 10.1. The van der Waals surface area contributed by atoms with E-state index in [2.05, 4.69) is 0 Å². The lowest BCUT2D eigenvalue weighted by Crippen LogP contribution is -2.57. The fourth-order valence-electron chi connectivity index (χ4n) is 0.866. The summed E-state index contributed by atoms with van der Waals surface area (Å²) < 4.78 is 85.8. The van der Waals surface area contributed by atoms with E-state index in [4.69, 9.17) is 0 Å². The topological polar surface area (TPSA) is 29.1 Å². The van der Waals surface area contributed by atoms with Crippen LogP contribution in [0.3, 0.4) is 0 Å². The van der Waals surface area contributed by atoms with Crippen molar-refractivity contribution in [2.24, 2.45) is 0 Å². The number of amides is 1. The zero-order chi connectivity index (χ0) is 14.2. The van der Waals surface area contributed by atoms with Crippen LogP contribution in [0.25, 0.3) is 0 Å². The van der Waals surface area contributed by atoms with Crippen molar-refractivity contribution >= 4 is 22.9 Å². The number of carbonyl (C=O) groups excluding carboxylic acids is 1. The molecule has 0 atom stereocenters. The Morgan fingerprint density at radius 2 is 1.67 bits per heavy atom. The van der Waals surface area contributed by atoms with Crippen LogP contribution < -0.4 is 5.32 Å². The van der Waals surface area contributed by atoms with E-state index in [-0.39, 0.29) is 5.69 Å². The molecule has 0 aliphatic carbocycles. The molecule has 0 fully saturated rings. The van der Waals surface area contributed by atoms with E-state index in [9.17, 15) is 35.5 Å². The van der Waals surface area contributed by atoms with Crippen molar-refractivity contribution in [3.63, 3.8) is 0 Å². The average molecular weight is 295 g/mol. The van der Waals surface area contributed by atoms with Crippen molar-refractivity contribution in [2.75, 3.05) is 5.32 Å². The lowest BCUT2D eigenvalue weighted by Gasteiger charge is -2.26. The highest BCUT2D eigenvalue weighted by Crippen LogP contribution is 2.46. The Balaban J connectivity index is 2.96. The number of halogens is 7. The van der Waals surface area contributed by atoms with E-state index >= 15 is 0 Å². The molecule has 10 heteroatoms. The quantitative estimate of drug-likeness (QED) is 0.849. The van der Waals surface area contributed by atoms with Crippen LogP contribution >= 0.6 is 11.3 Å². The maximum Gasteiger partial charge on any atom is 0.460 e. The smallest absolute Gasteiger partial charge is 0.320 e. The number of hydrogen-bond acceptors (Lipinski definition) is 2. The van der Waals surface area contributed by atoms with Crippen LogP contribution in [0.1, 0.15) is 0 Å². The van der Waals surface area contributed by atoms with Gasteiger partial charge in [-0.2, -0.15) is 42.1 Å². The molecule has 0 saturated carbocycles. The van der Waals surface area contributed by atoms with Gasteiger partial charge in [-0.1, -0.05) is 0 Å². The minimum absolute atomic E-state index is 0.289. The third kappa shape index (κ3) is 2.42. The minimum atomic E-state index is -6.53. The van der Waals surface area contributed by atoms with E-state index in [1.54, 1.807) is 0 Å². The molecule has 0 radical (unpaired) electrons. The molecule has 1 aromatic heterocycles. The average Bonchev–Trinajstić information content (AvgIpc) is 2.68. The van der Waals surface area contributed by atoms with E-state index in [0.717, 1.165) is 22.8 Å². The molecule has 0 unspecified atom stereocenters. The third-order valence-electron chi connectivity index (χ3n) is 1.81. The molecule has 1 rings (SSSR count). The lowest BCUT2D eigenvalue weighted by molar-refractivity contribution is -0.343. The number of carbonyl (C=O) groups is 1. The van der Waals surface area contributed by atoms with Crippen molar-refractivity contribution in [1.82, 2.24) is 0 Å². The minimum Gasteiger partial charge on any atom is -0.320 e. The molecule has 0 saturated heterocycles. The summed E-state index contributed by atoms with van der Waals surface area (Å²) in [4.78, 5) is 10.8. The van der Waals surface area contributed by atoms with Gasteiger partial charge in [0.05, 0.1) is 5.69 Å². The molecular weight excluding hydrogens is 291 g/mol. The molecule has 0 spiro atoms. The zero-order valence-electron chi connectivity index (χ0n) is 8.19. The second-order valence-electron chi connectivity index (χ2n) is 3.11. The highest BCUT2D eigenvalue weighted by Gasteiger charge is 2.76. The Bertz CT molecular complexity index is 425. The number of nitrogens with one attached hydrogen (secondary N) is 1. The summed E-state index contributed by atoms with van der Waals surface area (Å²) in [7, 11) is 0. The fraction of sp³-hybridized carbons (Fsp3) is 0.375. The maximum atomic E-state index is 12.8. The standard InChI is InChI=1S/C8H4F7NOS/c9-6(10,7(11,12)8(13,14)15)5(17)16-4-1-2-18-3-4/h1-3H,(H,16,17). The molecule has 0 aliphatic heterocycles. The van der Waals surface area contributed by atoms with E-state index in [1.165, 1.54) is 10.7 Å². The van der Waals surface area contributed by atoms with Gasteiger partial charge in [0.1, 0.15) is 0 Å². The molecule has 2 nitrogen and oxygen atoms in total. The Morgan fingerprint density at radius 1 is 1.11 bits per heavy atom. The van der Waals surface area contributed by atoms with Crippen LogP contribution in [0.5, 0.6) is 0 Å². The third-order valence-corrected chi connectivity index (χ3v) is 2.50. The monoisotopic (exact) mass is 295 g/mol. The number of anilines is 1. The second kappa shape index (κ2) is 4.41. The number of alkyl halides is 7. The Hall–Kier alpha value is -1.32. The molecular formula is C8H4F7NOS. The van der Waals surface area contributed by atoms with Gasteiger partial charge in [-0.3, -0.25) is 4.79 Å². The molecule has 1 amide bonds. The summed E-state index contributed by atoms with van der Waals surface area (Å²) in [6.07, 6.45) is -6.53.